The fourth-order valence-corrected chi connectivity index (χ4v) is 2.30. The van der Waals surface area contributed by atoms with Crippen LogP contribution in [0.4, 0.5) is 0 Å². The summed E-state index contributed by atoms with van der Waals surface area (Å²) in [5, 5.41) is 4.59. The molecule has 0 aliphatic carbocycles. The lowest BCUT2D eigenvalue weighted by Gasteiger charge is -2.20. The average Bonchev–Trinajstić information content (AvgIpc) is 2.55. The summed E-state index contributed by atoms with van der Waals surface area (Å²) in [5.74, 6) is -0.0859. The van der Waals surface area contributed by atoms with Crippen molar-refractivity contribution >= 4 is 28.4 Å². The van der Waals surface area contributed by atoms with E-state index in [0.717, 1.165) is 10.9 Å². The van der Waals surface area contributed by atoms with Crippen LogP contribution in [0, 0.1) is 0 Å². The molecular weight excluding hydrogens is 248 g/mol. The molecule has 0 spiro atoms. The minimum absolute atomic E-state index is 0.0859. The zero-order valence-corrected chi connectivity index (χ0v) is 11.8. The van der Waals surface area contributed by atoms with Crippen LogP contribution < -0.4 is 5.32 Å². The summed E-state index contributed by atoms with van der Waals surface area (Å²) in [7, 11) is 1.85. The Balaban J connectivity index is 2.50. The van der Waals surface area contributed by atoms with Gasteiger partial charge < -0.3 is 9.88 Å². The fourth-order valence-electron chi connectivity index (χ4n) is 1.99. The van der Waals surface area contributed by atoms with Crippen LogP contribution in [-0.2, 0) is 7.05 Å². The lowest BCUT2D eigenvalue weighted by Crippen LogP contribution is -2.41. The number of nitrogens with zero attached hydrogens (tertiary/aromatic N) is 1. The van der Waals surface area contributed by atoms with Crippen molar-refractivity contribution in [3.05, 3.63) is 35.0 Å². The number of carbonyl (C=O) groups is 1. The van der Waals surface area contributed by atoms with E-state index >= 15 is 0 Å². The molecule has 18 heavy (non-hydrogen) atoms. The Kier molecular flexibility index (Phi) is 3.11. The fraction of sp³-hybridized carbons (Fsp3) is 0.357. The third kappa shape index (κ3) is 2.36. The Morgan fingerprint density at radius 1 is 1.33 bits per heavy atom. The molecule has 0 aliphatic rings. The first-order chi connectivity index (χ1) is 8.29. The van der Waals surface area contributed by atoms with Crippen molar-refractivity contribution in [3.63, 3.8) is 0 Å². The van der Waals surface area contributed by atoms with Gasteiger partial charge in [0.05, 0.1) is 10.5 Å². The third-order valence-electron chi connectivity index (χ3n) is 2.73. The van der Waals surface area contributed by atoms with Crippen molar-refractivity contribution in [2.24, 2.45) is 7.05 Å². The maximum Gasteiger partial charge on any atom is 0.268 e. The van der Waals surface area contributed by atoms with Crippen molar-refractivity contribution < 1.29 is 4.79 Å². The second-order valence-electron chi connectivity index (χ2n) is 5.47. The molecule has 0 radical (unpaired) electrons. The van der Waals surface area contributed by atoms with Crippen molar-refractivity contribution in [3.8, 4) is 0 Å². The predicted octanol–water partition coefficient (Wildman–Crippen LogP) is 3.36. The molecule has 1 heterocycles. The lowest BCUT2D eigenvalue weighted by atomic mass is 10.1. The van der Waals surface area contributed by atoms with Crippen molar-refractivity contribution in [1.29, 1.82) is 0 Å². The van der Waals surface area contributed by atoms with Crippen molar-refractivity contribution in [2.45, 2.75) is 26.3 Å². The molecule has 1 amide bonds. The van der Waals surface area contributed by atoms with Gasteiger partial charge in [-0.2, -0.15) is 0 Å². The highest BCUT2D eigenvalue weighted by molar-refractivity contribution is 6.35. The standard InChI is InChI=1S/C14H17ClN2O/c1-14(2,3)16-13(18)11-8-9-6-5-7-10(15)12(9)17(11)4/h5-8H,1-4H3,(H,16,18). The highest BCUT2D eigenvalue weighted by Gasteiger charge is 2.19. The first-order valence-electron chi connectivity index (χ1n) is 5.86. The SMILES string of the molecule is Cn1c(C(=O)NC(C)(C)C)cc2cccc(Cl)c21. The Labute approximate surface area is 112 Å². The van der Waals surface area contributed by atoms with Gasteiger partial charge in [0.25, 0.3) is 5.91 Å². The predicted molar refractivity (Wildman–Crippen MR) is 75.1 cm³/mol. The molecule has 0 saturated carbocycles. The number of hydrogen-bond donors (Lipinski definition) is 1. The molecule has 3 nitrogen and oxygen atoms in total. The highest BCUT2D eigenvalue weighted by Crippen LogP contribution is 2.26. The number of aryl methyl sites for hydroxylation is 1. The number of amides is 1. The number of benzene rings is 1. The summed E-state index contributed by atoms with van der Waals surface area (Å²) in [6.45, 7) is 5.88. The highest BCUT2D eigenvalue weighted by atomic mass is 35.5. The summed E-state index contributed by atoms with van der Waals surface area (Å²) >= 11 is 6.16. The Hall–Kier alpha value is -1.48. The van der Waals surface area contributed by atoms with Crippen LogP contribution in [-0.4, -0.2) is 16.0 Å². The van der Waals surface area contributed by atoms with E-state index in [1.807, 2.05) is 56.7 Å². The zero-order chi connectivity index (χ0) is 13.5. The van der Waals surface area contributed by atoms with Crippen LogP contribution in [0.3, 0.4) is 0 Å². The number of para-hydroxylation sites is 1. The molecule has 0 atom stereocenters. The van der Waals surface area contributed by atoms with E-state index in [-0.39, 0.29) is 11.4 Å². The Bertz CT molecular complexity index is 608. The zero-order valence-electron chi connectivity index (χ0n) is 11.0. The van der Waals surface area contributed by atoms with E-state index in [1.54, 1.807) is 0 Å². The van der Waals surface area contributed by atoms with Crippen molar-refractivity contribution in [1.82, 2.24) is 9.88 Å². The largest absolute Gasteiger partial charge is 0.346 e. The van der Waals surface area contributed by atoms with E-state index < -0.39 is 0 Å². The number of aromatic nitrogens is 1. The van der Waals surface area contributed by atoms with Crippen molar-refractivity contribution in [2.75, 3.05) is 0 Å². The molecule has 0 unspecified atom stereocenters. The van der Waals surface area contributed by atoms with Crippen LogP contribution in [0.15, 0.2) is 24.3 Å². The summed E-state index contributed by atoms with van der Waals surface area (Å²) in [4.78, 5) is 12.2. The number of fused-ring (bicyclic) bond motifs is 1. The Morgan fingerprint density at radius 3 is 2.56 bits per heavy atom. The quantitative estimate of drug-likeness (QED) is 0.842. The number of hydrogen-bond acceptors (Lipinski definition) is 1. The van der Waals surface area contributed by atoms with Gasteiger partial charge in [0, 0.05) is 18.0 Å². The van der Waals surface area contributed by atoms with Gasteiger partial charge in [-0.25, -0.2) is 0 Å². The molecule has 4 heteroatoms. The first-order valence-corrected chi connectivity index (χ1v) is 6.24. The van der Waals surface area contributed by atoms with Gasteiger partial charge in [-0.15, -0.1) is 0 Å². The van der Waals surface area contributed by atoms with Gasteiger partial charge in [-0.05, 0) is 32.9 Å². The second kappa shape index (κ2) is 4.32. The van der Waals surface area contributed by atoms with E-state index in [9.17, 15) is 4.79 Å². The smallest absolute Gasteiger partial charge is 0.268 e. The minimum Gasteiger partial charge on any atom is -0.346 e. The maximum absolute atomic E-state index is 12.2. The third-order valence-corrected chi connectivity index (χ3v) is 3.03. The first kappa shape index (κ1) is 13.0. The molecule has 1 N–H and O–H groups in total. The summed E-state index contributed by atoms with van der Waals surface area (Å²) in [6.07, 6.45) is 0. The molecule has 96 valence electrons. The van der Waals surface area contributed by atoms with Gasteiger partial charge in [0.2, 0.25) is 0 Å². The van der Waals surface area contributed by atoms with E-state index in [2.05, 4.69) is 5.32 Å². The van der Waals surface area contributed by atoms with E-state index in [0.29, 0.717) is 10.7 Å². The van der Waals surface area contributed by atoms with Crippen LogP contribution in [0.5, 0.6) is 0 Å². The number of halogens is 1. The Morgan fingerprint density at radius 2 is 2.00 bits per heavy atom. The van der Waals surface area contributed by atoms with Gasteiger partial charge in [0.1, 0.15) is 5.69 Å². The molecule has 2 rings (SSSR count). The topological polar surface area (TPSA) is 34.0 Å². The molecular formula is C14H17ClN2O. The van der Waals surface area contributed by atoms with Crippen LogP contribution in [0.25, 0.3) is 10.9 Å². The monoisotopic (exact) mass is 264 g/mol. The van der Waals surface area contributed by atoms with Crippen LogP contribution in [0.2, 0.25) is 5.02 Å². The number of rotatable bonds is 1. The summed E-state index contributed by atoms with van der Waals surface area (Å²) < 4.78 is 1.83. The van der Waals surface area contributed by atoms with Gasteiger partial charge in [-0.3, -0.25) is 4.79 Å². The molecule has 0 aliphatic heterocycles. The molecule has 0 bridgehead atoms. The number of carbonyl (C=O) groups excluding carboxylic acids is 1. The lowest BCUT2D eigenvalue weighted by molar-refractivity contribution is 0.0911. The second-order valence-corrected chi connectivity index (χ2v) is 5.88. The summed E-state index contributed by atoms with van der Waals surface area (Å²) in [6, 6.07) is 7.53. The van der Waals surface area contributed by atoms with E-state index in [1.165, 1.54) is 0 Å². The summed E-state index contributed by atoms with van der Waals surface area (Å²) in [5.41, 5.74) is 1.25. The minimum atomic E-state index is -0.253. The molecule has 1 aromatic heterocycles. The van der Waals surface area contributed by atoms with Gasteiger partial charge >= 0.3 is 0 Å². The van der Waals surface area contributed by atoms with Crippen LogP contribution in [0.1, 0.15) is 31.3 Å². The molecule has 0 fully saturated rings. The van der Waals surface area contributed by atoms with E-state index in [4.69, 9.17) is 11.6 Å². The van der Waals surface area contributed by atoms with Crippen LogP contribution >= 0.6 is 11.6 Å². The normalized spacial score (nSPS) is 11.8. The molecule has 1 aromatic carbocycles. The molecule has 0 saturated heterocycles. The molecule has 2 aromatic rings. The average molecular weight is 265 g/mol. The van der Waals surface area contributed by atoms with Gasteiger partial charge in [0.15, 0.2) is 0 Å². The number of nitrogens with one attached hydrogen (secondary N) is 1. The maximum atomic E-state index is 12.2. The van der Waals surface area contributed by atoms with Gasteiger partial charge in [-0.1, -0.05) is 23.7 Å².